The highest BCUT2D eigenvalue weighted by Crippen LogP contribution is 2.42. The van der Waals surface area contributed by atoms with E-state index < -0.39 is 84.0 Å². The lowest BCUT2D eigenvalue weighted by atomic mass is 9.80. The summed E-state index contributed by atoms with van der Waals surface area (Å²) in [7, 11) is 2.49. The lowest BCUT2D eigenvalue weighted by Crippen LogP contribution is -2.56. The molecule has 0 aromatic carbocycles. The Labute approximate surface area is 319 Å². The fourth-order valence-electron chi connectivity index (χ4n) is 8.15. The Balaban J connectivity index is 1.53. The van der Waals surface area contributed by atoms with E-state index in [-0.39, 0.29) is 46.6 Å². The van der Waals surface area contributed by atoms with Crippen molar-refractivity contribution in [2.75, 3.05) is 14.2 Å². The zero-order valence-corrected chi connectivity index (χ0v) is 31.8. The van der Waals surface area contributed by atoms with Crippen LogP contribution in [0.25, 0.3) is 0 Å². The molecule has 8 bridgehead atoms. The molecule has 2 aromatic rings. The lowest BCUT2D eigenvalue weighted by Gasteiger charge is -2.37. The van der Waals surface area contributed by atoms with Crippen molar-refractivity contribution in [1.82, 2.24) is 5.32 Å². The summed E-state index contributed by atoms with van der Waals surface area (Å²) in [5.41, 5.74) is 2.46. The van der Waals surface area contributed by atoms with Gasteiger partial charge in [-0.25, -0.2) is 19.2 Å². The van der Waals surface area contributed by atoms with Gasteiger partial charge in [-0.2, -0.15) is 0 Å². The van der Waals surface area contributed by atoms with Gasteiger partial charge in [0.15, 0.2) is 0 Å². The summed E-state index contributed by atoms with van der Waals surface area (Å²) in [6, 6.07) is 0.490. The summed E-state index contributed by atoms with van der Waals surface area (Å²) >= 11 is 0. The third kappa shape index (κ3) is 7.07. The summed E-state index contributed by atoms with van der Waals surface area (Å²) in [6.45, 7) is 23.3. The maximum absolute atomic E-state index is 13.9. The van der Waals surface area contributed by atoms with Crippen LogP contribution in [-0.4, -0.2) is 84.8 Å². The maximum atomic E-state index is 13.9. The largest absolute Gasteiger partial charge is 0.465 e. The van der Waals surface area contributed by atoms with Crippen LogP contribution >= 0.6 is 0 Å². The molecule has 0 amide bonds. The highest BCUT2D eigenvalue weighted by Gasteiger charge is 2.49. The van der Waals surface area contributed by atoms with E-state index in [0.29, 0.717) is 33.8 Å². The van der Waals surface area contributed by atoms with E-state index in [1.165, 1.54) is 26.4 Å². The molecule has 292 valence electrons. The number of nitrogens with one attached hydrogen (secondary N) is 1. The van der Waals surface area contributed by atoms with Gasteiger partial charge < -0.3 is 38.0 Å². The normalized spacial score (nSPS) is 30.0. The van der Waals surface area contributed by atoms with E-state index >= 15 is 0 Å². The molecule has 0 radical (unpaired) electrons. The van der Waals surface area contributed by atoms with Gasteiger partial charge in [0.2, 0.25) is 0 Å². The third-order valence-corrected chi connectivity index (χ3v) is 11.1. The van der Waals surface area contributed by atoms with Crippen LogP contribution in [0.2, 0.25) is 0 Å². The molecule has 13 nitrogen and oxygen atoms in total. The number of carbonyl (C=O) groups is 4. The highest BCUT2D eigenvalue weighted by molar-refractivity contribution is 5.95. The summed E-state index contributed by atoms with van der Waals surface area (Å²) in [6.07, 6.45) is -1.79. The van der Waals surface area contributed by atoms with Gasteiger partial charge in [-0.05, 0) is 52.0 Å². The summed E-state index contributed by atoms with van der Waals surface area (Å²) in [5.74, 6) is -4.91. The van der Waals surface area contributed by atoms with Crippen LogP contribution in [-0.2, 0) is 41.4 Å². The van der Waals surface area contributed by atoms with Gasteiger partial charge in [0.05, 0.1) is 61.5 Å². The zero-order chi connectivity index (χ0) is 40.2. The van der Waals surface area contributed by atoms with Crippen LogP contribution in [0, 0.1) is 11.8 Å². The molecular weight excluding hydrogens is 710 g/mol. The fraction of sp³-hybridized carbons (Fsp3) is 0.429. The Kier molecular flexibility index (Phi) is 10.8. The van der Waals surface area contributed by atoms with Crippen molar-refractivity contribution in [3.63, 3.8) is 0 Å². The first-order valence-corrected chi connectivity index (χ1v) is 18.0. The van der Waals surface area contributed by atoms with E-state index in [4.69, 9.17) is 27.8 Å². The topological polar surface area (TPSA) is 184 Å². The number of carbonyl (C=O) groups excluding carboxylic acids is 4. The number of rotatable bonds is 8. The first-order valence-electron chi connectivity index (χ1n) is 18.0. The molecule has 0 spiro atoms. The SMILES string of the molecule is C=C(C)C1Cc2oc(cc2C(=O)OC)C(C(=C)C)C2C=C(C(=O)O2)C(NC2C3=CC(OC3=O)C(C(=C)C)c3cc(C(=O)OC)c(o3)CC(C(=C)C)C2O)C1O. The number of furan rings is 2. The van der Waals surface area contributed by atoms with Gasteiger partial charge in [-0.3, -0.25) is 5.32 Å². The first-order chi connectivity index (χ1) is 26.0. The van der Waals surface area contributed by atoms with Crippen molar-refractivity contribution in [3.8, 4) is 0 Å². The molecule has 6 heterocycles. The Morgan fingerprint density at radius 3 is 1.35 bits per heavy atom. The van der Waals surface area contributed by atoms with Crippen LogP contribution in [0.3, 0.4) is 0 Å². The summed E-state index contributed by atoms with van der Waals surface area (Å²) in [4.78, 5) is 53.8. The Morgan fingerprint density at radius 1 is 0.673 bits per heavy atom. The number of ether oxygens (including phenoxy) is 4. The summed E-state index contributed by atoms with van der Waals surface area (Å²) in [5, 5.41) is 28.1. The smallest absolute Gasteiger partial charge is 0.341 e. The lowest BCUT2D eigenvalue weighted by molar-refractivity contribution is -0.141. The molecule has 0 saturated heterocycles. The Morgan fingerprint density at radius 2 is 1.04 bits per heavy atom. The molecule has 3 N–H and O–H groups in total. The summed E-state index contributed by atoms with van der Waals surface area (Å²) < 4.78 is 34.5. The Bertz CT molecular complexity index is 1920. The van der Waals surface area contributed by atoms with E-state index in [1.54, 1.807) is 39.8 Å². The predicted molar refractivity (Wildman–Crippen MR) is 198 cm³/mol. The van der Waals surface area contributed by atoms with Crippen LogP contribution in [0.5, 0.6) is 0 Å². The number of hydrogen-bond donors (Lipinski definition) is 3. The molecular formula is C42H47NO12. The molecule has 4 aliphatic heterocycles. The average Bonchev–Trinajstić information content (AvgIpc) is 3.90. The third-order valence-electron chi connectivity index (χ3n) is 11.1. The minimum absolute atomic E-state index is 0.0271. The second-order valence-electron chi connectivity index (χ2n) is 15.0. The fourth-order valence-corrected chi connectivity index (χ4v) is 8.15. The van der Waals surface area contributed by atoms with Gasteiger partial charge in [0.25, 0.3) is 0 Å². The molecule has 13 heteroatoms. The number of aliphatic hydroxyl groups excluding tert-OH is 2. The molecule has 0 saturated carbocycles. The number of esters is 4. The molecule has 10 unspecified atom stereocenters. The second kappa shape index (κ2) is 15.1. The van der Waals surface area contributed by atoms with E-state index in [9.17, 15) is 29.4 Å². The van der Waals surface area contributed by atoms with Crippen LogP contribution in [0.4, 0.5) is 0 Å². The van der Waals surface area contributed by atoms with Crippen molar-refractivity contribution in [2.24, 2.45) is 11.8 Å². The van der Waals surface area contributed by atoms with E-state index in [0.717, 1.165) is 0 Å². The molecule has 2 aromatic heterocycles. The molecule has 4 aliphatic rings. The number of methoxy groups -OCH3 is 2. The zero-order valence-electron chi connectivity index (χ0n) is 31.8. The van der Waals surface area contributed by atoms with Gasteiger partial charge in [-0.15, -0.1) is 0 Å². The maximum Gasteiger partial charge on any atom is 0.341 e. The number of hydrogen-bond acceptors (Lipinski definition) is 13. The molecule has 6 rings (SSSR count). The van der Waals surface area contributed by atoms with E-state index in [2.05, 4.69) is 31.6 Å². The molecule has 10 atom stereocenters. The quantitative estimate of drug-likeness (QED) is 0.191. The molecule has 0 fully saturated rings. The first kappa shape index (κ1) is 39.5. The monoisotopic (exact) mass is 757 g/mol. The predicted octanol–water partition coefficient (Wildman–Crippen LogP) is 4.71. The highest BCUT2D eigenvalue weighted by atomic mass is 16.6. The van der Waals surface area contributed by atoms with Crippen molar-refractivity contribution >= 4 is 23.9 Å². The van der Waals surface area contributed by atoms with Crippen LogP contribution < -0.4 is 5.32 Å². The average molecular weight is 758 g/mol. The minimum Gasteiger partial charge on any atom is -0.465 e. The van der Waals surface area contributed by atoms with E-state index in [1.807, 2.05) is 0 Å². The van der Waals surface area contributed by atoms with Gasteiger partial charge in [-0.1, -0.05) is 48.6 Å². The number of aliphatic hydroxyl groups is 2. The van der Waals surface area contributed by atoms with Crippen molar-refractivity contribution in [3.05, 3.63) is 118 Å². The second-order valence-corrected chi connectivity index (χ2v) is 15.0. The van der Waals surface area contributed by atoms with Gasteiger partial charge in [0, 0.05) is 24.7 Å². The van der Waals surface area contributed by atoms with Gasteiger partial charge in [0.1, 0.15) is 46.4 Å². The number of fused-ring (bicyclic) bond motifs is 6. The standard InChI is InChI=1S/C42H47NO12/c1-17(2)21-11-27-23(39(46)50-9)13-29(52-27)33(19(5)6)31-15-25(41(48)54-31)35(37(21)44)43-36-26-16-32(55-42(26)49)34(20(7)8)30-14-24(40(47)51-10)28(53-30)12-22(18(3)4)38(36)45/h13-16,21-22,31-38,43-45H,1,3,5,7,11-12H2,2,4,6,8-10H3. The molecule has 0 aliphatic carbocycles. The van der Waals surface area contributed by atoms with Crippen LogP contribution in [0.15, 0.2) is 92.9 Å². The van der Waals surface area contributed by atoms with Crippen molar-refractivity contribution in [1.29, 1.82) is 0 Å². The minimum atomic E-state index is -1.47. The van der Waals surface area contributed by atoms with Gasteiger partial charge >= 0.3 is 23.9 Å². The van der Waals surface area contributed by atoms with Crippen LogP contribution in [0.1, 0.15) is 83.3 Å². The van der Waals surface area contributed by atoms with Crippen molar-refractivity contribution in [2.45, 2.75) is 88.9 Å². The molecule has 55 heavy (non-hydrogen) atoms. The Hall–Kier alpha value is -5.24. The van der Waals surface area contributed by atoms with Crippen molar-refractivity contribution < 1.29 is 57.2 Å².